The van der Waals surface area contributed by atoms with Gasteiger partial charge in [-0.1, -0.05) is 6.07 Å². The van der Waals surface area contributed by atoms with E-state index >= 15 is 0 Å². The average molecular weight is 338 g/mol. The van der Waals surface area contributed by atoms with E-state index in [4.69, 9.17) is 9.63 Å². The number of aliphatic carboxylic acids is 1. The molecule has 0 saturated carbocycles. The maximum atomic E-state index is 14.2. The Balaban J connectivity index is 1.91. The number of carboxylic acids is 1. The first-order valence-electron chi connectivity index (χ1n) is 7.53. The monoisotopic (exact) mass is 338 g/mol. The summed E-state index contributed by atoms with van der Waals surface area (Å²) in [4.78, 5) is 24.0. The van der Waals surface area contributed by atoms with Crippen molar-refractivity contribution in [1.82, 2.24) is 10.1 Å². The van der Waals surface area contributed by atoms with Crippen molar-refractivity contribution >= 4 is 5.97 Å². The SMILES string of the molecule is O=C(O)CN1CCC(c2cc(=O)[nH]o2)CC1c1ccc(F)cc1F. The van der Waals surface area contributed by atoms with Crippen molar-refractivity contribution in [2.75, 3.05) is 13.1 Å². The fraction of sp³-hybridized carbons (Fsp3) is 0.375. The third-order valence-electron chi connectivity index (χ3n) is 4.32. The molecule has 2 N–H and O–H groups in total. The molecule has 0 spiro atoms. The molecule has 1 saturated heterocycles. The van der Waals surface area contributed by atoms with Crippen LogP contribution in [0.15, 0.2) is 33.6 Å². The molecule has 6 nitrogen and oxygen atoms in total. The van der Waals surface area contributed by atoms with Gasteiger partial charge in [-0.15, -0.1) is 0 Å². The first-order valence-corrected chi connectivity index (χ1v) is 7.53. The summed E-state index contributed by atoms with van der Waals surface area (Å²) in [5.74, 6) is -2.11. The zero-order valence-corrected chi connectivity index (χ0v) is 12.7. The van der Waals surface area contributed by atoms with Crippen LogP contribution in [0.3, 0.4) is 0 Å². The summed E-state index contributed by atoms with van der Waals surface area (Å²) in [6, 6.07) is 4.07. The number of H-pyrrole nitrogens is 1. The topological polar surface area (TPSA) is 86.5 Å². The summed E-state index contributed by atoms with van der Waals surface area (Å²) in [6.45, 7) is 0.151. The predicted octanol–water partition coefficient (Wildman–Crippen LogP) is 2.25. The molecule has 0 bridgehead atoms. The first kappa shape index (κ1) is 16.4. The molecule has 0 aliphatic carbocycles. The third-order valence-corrected chi connectivity index (χ3v) is 4.32. The van der Waals surface area contributed by atoms with Crippen LogP contribution < -0.4 is 5.56 Å². The summed E-state index contributed by atoms with van der Waals surface area (Å²) >= 11 is 0. The van der Waals surface area contributed by atoms with Gasteiger partial charge in [-0.3, -0.25) is 14.5 Å². The Labute approximate surface area is 135 Å². The Morgan fingerprint density at radius 1 is 1.38 bits per heavy atom. The number of halogens is 2. The summed E-state index contributed by atoms with van der Waals surface area (Å²) in [6.07, 6.45) is 0.948. The Kier molecular flexibility index (Phi) is 4.48. The smallest absolute Gasteiger partial charge is 0.317 e. The third kappa shape index (κ3) is 3.38. The van der Waals surface area contributed by atoms with E-state index in [1.54, 1.807) is 4.90 Å². The Bertz CT molecular complexity index is 801. The van der Waals surface area contributed by atoms with E-state index in [0.717, 1.165) is 12.1 Å². The summed E-state index contributed by atoms with van der Waals surface area (Å²) in [5.41, 5.74) is -0.122. The molecule has 2 heterocycles. The molecule has 8 heteroatoms. The van der Waals surface area contributed by atoms with Gasteiger partial charge in [-0.05, 0) is 18.9 Å². The van der Waals surface area contributed by atoms with Gasteiger partial charge in [-0.25, -0.2) is 8.78 Å². The molecule has 1 aromatic carbocycles. The lowest BCUT2D eigenvalue weighted by Gasteiger charge is -2.38. The van der Waals surface area contributed by atoms with Gasteiger partial charge >= 0.3 is 5.97 Å². The Morgan fingerprint density at radius 2 is 2.17 bits per heavy atom. The van der Waals surface area contributed by atoms with E-state index in [1.807, 2.05) is 0 Å². The van der Waals surface area contributed by atoms with Crippen LogP contribution in [-0.4, -0.2) is 34.2 Å². The molecule has 3 rings (SSSR count). The molecule has 0 radical (unpaired) electrons. The van der Waals surface area contributed by atoms with Gasteiger partial charge in [0, 0.05) is 36.2 Å². The minimum atomic E-state index is -1.02. The highest BCUT2D eigenvalue weighted by molar-refractivity contribution is 5.69. The molecule has 0 amide bonds. The van der Waals surface area contributed by atoms with Gasteiger partial charge < -0.3 is 9.63 Å². The molecule has 1 fully saturated rings. The van der Waals surface area contributed by atoms with Gasteiger partial charge in [0.05, 0.1) is 6.54 Å². The number of nitrogens with one attached hydrogen (secondary N) is 1. The van der Waals surface area contributed by atoms with Crippen molar-refractivity contribution in [2.45, 2.75) is 24.8 Å². The van der Waals surface area contributed by atoms with Crippen molar-refractivity contribution < 1.29 is 23.2 Å². The van der Waals surface area contributed by atoms with Gasteiger partial charge in [0.15, 0.2) is 0 Å². The van der Waals surface area contributed by atoms with E-state index in [2.05, 4.69) is 5.16 Å². The van der Waals surface area contributed by atoms with Crippen LogP contribution >= 0.6 is 0 Å². The molecular weight excluding hydrogens is 322 g/mol. The second-order valence-corrected chi connectivity index (χ2v) is 5.88. The number of hydrogen-bond donors (Lipinski definition) is 2. The van der Waals surface area contributed by atoms with Crippen LogP contribution in [0, 0.1) is 11.6 Å². The molecule has 1 aromatic heterocycles. The van der Waals surface area contributed by atoms with Crippen LogP contribution in [-0.2, 0) is 4.79 Å². The molecular formula is C16H16F2N2O4. The fourth-order valence-corrected chi connectivity index (χ4v) is 3.23. The number of carboxylic acid groups (broad SMARTS) is 1. The maximum Gasteiger partial charge on any atom is 0.317 e. The second kappa shape index (κ2) is 6.56. The standard InChI is InChI=1S/C16H16F2N2O4/c17-10-1-2-11(12(18)6-10)13-5-9(14-7-15(21)19-24-14)3-4-20(13)8-16(22)23/h1-2,6-7,9,13H,3-5,8H2,(H,19,21)(H,22,23). The molecule has 128 valence electrons. The lowest BCUT2D eigenvalue weighted by molar-refractivity contribution is -0.139. The normalized spacial score (nSPS) is 21.8. The first-order chi connectivity index (χ1) is 11.4. The Hall–Kier alpha value is -2.48. The minimum Gasteiger partial charge on any atom is -0.480 e. The van der Waals surface area contributed by atoms with Gasteiger partial charge in [0.25, 0.3) is 5.56 Å². The van der Waals surface area contributed by atoms with Crippen molar-refractivity contribution in [1.29, 1.82) is 0 Å². The largest absolute Gasteiger partial charge is 0.480 e. The fourth-order valence-electron chi connectivity index (χ4n) is 3.23. The molecule has 2 unspecified atom stereocenters. The van der Waals surface area contributed by atoms with Crippen LogP contribution in [0.5, 0.6) is 0 Å². The van der Waals surface area contributed by atoms with Gasteiger partial charge in [-0.2, -0.15) is 5.16 Å². The van der Waals surface area contributed by atoms with Crippen molar-refractivity contribution in [3.8, 4) is 0 Å². The van der Waals surface area contributed by atoms with E-state index < -0.39 is 23.6 Å². The number of nitrogens with zero attached hydrogens (tertiary/aromatic N) is 1. The summed E-state index contributed by atoms with van der Waals surface area (Å²) < 4.78 is 32.5. The number of rotatable bonds is 4. The number of hydrogen-bond acceptors (Lipinski definition) is 4. The van der Waals surface area contributed by atoms with E-state index in [1.165, 1.54) is 12.1 Å². The Morgan fingerprint density at radius 3 is 2.79 bits per heavy atom. The molecule has 2 aromatic rings. The molecule has 1 aliphatic rings. The number of likely N-dealkylation sites (tertiary alicyclic amines) is 1. The van der Waals surface area contributed by atoms with Crippen LogP contribution in [0.2, 0.25) is 0 Å². The maximum absolute atomic E-state index is 14.2. The van der Waals surface area contributed by atoms with E-state index in [9.17, 15) is 18.4 Å². The second-order valence-electron chi connectivity index (χ2n) is 5.88. The summed E-state index contributed by atoms with van der Waals surface area (Å²) in [7, 11) is 0. The highest BCUT2D eigenvalue weighted by Gasteiger charge is 2.34. The lowest BCUT2D eigenvalue weighted by atomic mass is 9.85. The van der Waals surface area contributed by atoms with Crippen LogP contribution in [0.25, 0.3) is 0 Å². The highest BCUT2D eigenvalue weighted by Crippen LogP contribution is 2.39. The molecule has 24 heavy (non-hydrogen) atoms. The molecule has 1 aliphatic heterocycles. The predicted molar refractivity (Wildman–Crippen MR) is 79.6 cm³/mol. The van der Waals surface area contributed by atoms with E-state index in [-0.39, 0.29) is 23.6 Å². The van der Waals surface area contributed by atoms with Crippen LogP contribution in [0.4, 0.5) is 8.78 Å². The zero-order valence-electron chi connectivity index (χ0n) is 12.7. The minimum absolute atomic E-state index is 0.150. The average Bonchev–Trinajstić information content (AvgIpc) is 2.94. The number of benzene rings is 1. The van der Waals surface area contributed by atoms with Gasteiger partial charge in [0.1, 0.15) is 17.4 Å². The van der Waals surface area contributed by atoms with Gasteiger partial charge in [0.2, 0.25) is 0 Å². The van der Waals surface area contributed by atoms with Crippen molar-refractivity contribution in [3.05, 3.63) is 57.6 Å². The number of aromatic nitrogens is 1. The number of piperidine rings is 1. The number of aromatic amines is 1. The quantitative estimate of drug-likeness (QED) is 0.893. The highest BCUT2D eigenvalue weighted by atomic mass is 19.1. The molecule has 2 atom stereocenters. The lowest BCUT2D eigenvalue weighted by Crippen LogP contribution is -2.39. The zero-order chi connectivity index (χ0) is 17.3. The summed E-state index contributed by atoms with van der Waals surface area (Å²) in [5, 5.41) is 11.3. The van der Waals surface area contributed by atoms with Crippen LogP contribution in [0.1, 0.15) is 36.1 Å². The number of carbonyl (C=O) groups is 1. The van der Waals surface area contributed by atoms with Crippen molar-refractivity contribution in [3.63, 3.8) is 0 Å². The van der Waals surface area contributed by atoms with E-state index in [0.29, 0.717) is 25.1 Å². The van der Waals surface area contributed by atoms with Crippen molar-refractivity contribution in [2.24, 2.45) is 0 Å².